The molecule has 0 amide bonds. The number of hydrogen-bond donors (Lipinski definition) is 0. The maximum absolute atomic E-state index is 7.76. The highest BCUT2D eigenvalue weighted by Crippen LogP contribution is 2.60. The van der Waals surface area contributed by atoms with Gasteiger partial charge in [0.05, 0.1) is 22.3 Å². The predicted octanol–water partition coefficient (Wildman–Crippen LogP) is 15.3. The summed E-state index contributed by atoms with van der Waals surface area (Å²) in [7, 11) is 0. The first-order chi connectivity index (χ1) is 64.0. The molecular formula is C116H148Br4N8O8. The van der Waals surface area contributed by atoms with Crippen molar-refractivity contribution in [1.82, 2.24) is 18.3 Å². The van der Waals surface area contributed by atoms with Gasteiger partial charge in [0, 0.05) is 113 Å². The lowest BCUT2D eigenvalue weighted by molar-refractivity contribution is -0.687. The third-order valence-electron chi connectivity index (χ3n) is 29.1. The summed E-state index contributed by atoms with van der Waals surface area (Å²) in [4.78, 5) is 0. The Bertz CT molecular complexity index is 5170. The van der Waals surface area contributed by atoms with Crippen molar-refractivity contribution in [1.29, 1.82) is 0 Å². The van der Waals surface area contributed by atoms with Crippen LogP contribution in [0, 0.1) is 0 Å². The molecule has 136 heavy (non-hydrogen) atoms. The molecule has 8 aromatic carbocycles. The molecule has 4 aromatic heterocycles. The molecule has 728 valence electrons. The molecule has 0 N–H and O–H groups in total. The number of ether oxygens (including phenoxy) is 8. The minimum absolute atomic E-state index is 0. The topological polar surface area (TPSA) is 109 Å². The van der Waals surface area contributed by atoms with Gasteiger partial charge < -0.3 is 106 Å². The van der Waals surface area contributed by atoms with E-state index in [0.717, 1.165) is 215 Å². The average Bonchev–Trinajstić information content (AvgIpc) is 0.861. The molecule has 16 nitrogen and oxygen atoms in total. The first kappa shape index (κ1) is 104. The molecule has 5 aliphatic rings. The zero-order chi connectivity index (χ0) is 92.4. The summed E-state index contributed by atoms with van der Waals surface area (Å²) >= 11 is 0. The molecule has 8 bridgehead atoms. The summed E-state index contributed by atoms with van der Waals surface area (Å²) in [6.45, 7) is 47.8. The zero-order valence-corrected chi connectivity index (χ0v) is 90.8. The third kappa shape index (κ3) is 20.9. The van der Waals surface area contributed by atoms with E-state index in [1.165, 1.54) is 67.3 Å². The van der Waals surface area contributed by atoms with Crippen LogP contribution >= 0.6 is 0 Å². The first-order valence-electron chi connectivity index (χ1n) is 50.6. The molecule has 0 fully saturated rings. The van der Waals surface area contributed by atoms with Crippen LogP contribution in [-0.4, -0.2) is 45.4 Å². The van der Waals surface area contributed by atoms with Crippen molar-refractivity contribution in [3.63, 3.8) is 0 Å². The average molecular weight is 2100 g/mol. The lowest BCUT2D eigenvalue weighted by atomic mass is 9.74. The van der Waals surface area contributed by atoms with Crippen molar-refractivity contribution in [2.45, 2.75) is 338 Å². The van der Waals surface area contributed by atoms with E-state index in [1.807, 2.05) is 0 Å². The Balaban J connectivity index is 0.00000391. The lowest BCUT2D eigenvalue weighted by Crippen LogP contribution is -3.00. The molecule has 12 aromatic rings. The van der Waals surface area contributed by atoms with Gasteiger partial charge in [0.25, 0.3) is 0 Å². The monoisotopic (exact) mass is 2100 g/mol. The molecule has 0 spiro atoms. The van der Waals surface area contributed by atoms with Crippen molar-refractivity contribution >= 4 is 0 Å². The van der Waals surface area contributed by atoms with Crippen LogP contribution in [0.15, 0.2) is 172 Å². The molecular weight excluding hydrogens is 1950 g/mol. The van der Waals surface area contributed by atoms with Crippen LogP contribution in [0.1, 0.15) is 423 Å². The van der Waals surface area contributed by atoms with Crippen molar-refractivity contribution in [2.75, 3.05) is 27.2 Å². The van der Waals surface area contributed by atoms with E-state index in [4.69, 9.17) is 37.9 Å². The molecule has 0 atom stereocenters. The Hall–Kier alpha value is -9.08. The van der Waals surface area contributed by atoms with Gasteiger partial charge in [-0.15, -0.1) is 0 Å². The lowest BCUT2D eigenvalue weighted by Gasteiger charge is -2.37. The Morgan fingerprint density at radius 1 is 0.250 bits per heavy atom. The van der Waals surface area contributed by atoms with Gasteiger partial charge in [-0.1, -0.05) is 288 Å². The maximum Gasteiger partial charge on any atom is 0.249 e. The van der Waals surface area contributed by atoms with Gasteiger partial charge >= 0.3 is 0 Å². The normalized spacial score (nSPS) is 15.6. The Morgan fingerprint density at radius 3 is 0.559 bits per heavy atom. The first-order valence-corrected chi connectivity index (χ1v) is 50.6. The Morgan fingerprint density at radius 2 is 0.412 bits per heavy atom. The van der Waals surface area contributed by atoms with Crippen LogP contribution in [0.3, 0.4) is 0 Å². The Labute approximate surface area is 853 Å². The van der Waals surface area contributed by atoms with Crippen LogP contribution in [0.4, 0.5) is 0 Å². The van der Waals surface area contributed by atoms with Crippen LogP contribution in [0.5, 0.6) is 46.0 Å². The number of unbranched alkanes of at least 4 members (excludes halogenated alkanes) is 8. The van der Waals surface area contributed by atoms with E-state index in [1.54, 1.807) is 0 Å². The fourth-order valence-electron chi connectivity index (χ4n) is 22.4. The van der Waals surface area contributed by atoms with Crippen LogP contribution < -0.4 is 124 Å². The molecule has 8 heterocycles. The van der Waals surface area contributed by atoms with Crippen LogP contribution in [0.25, 0.3) is 22.7 Å². The fraction of sp³-hybridized carbons (Fsp3) is 0.483. The molecule has 0 radical (unpaired) electrons. The molecule has 20 heteroatoms. The molecule has 0 unspecified atom stereocenters. The highest BCUT2D eigenvalue weighted by molar-refractivity contribution is 5.70. The molecule has 0 saturated carbocycles. The number of halogens is 4. The SMILES string of the molecule is CCCCCC1c2cc3c4c(C[n+]5ccn(-c6c(C(C)C)cccc6C(C)C)c5)c2OCOc2c1cc1c(c2C[n+]2ccn(-c5c(C(C)C)cccc5C(C)C)c2)OCOc2c(cc5c(c2C[n+]2ccn(-c6c(C(C)C)cccc6C(C)C)c2)OCOc2c(cc(c(c2C[n+]2ccn(-c6c(C(C)C)cccc6C(C)C)c2)OCO4)C3CCCCC)C5CCCCC)C1CCCCC.[Br-].[Br-].[Br-].[Br-]. The number of aromatic nitrogens is 8. The smallest absolute Gasteiger partial charge is 0.249 e. The fourth-order valence-corrected chi connectivity index (χ4v) is 22.4. The summed E-state index contributed by atoms with van der Waals surface area (Å²) in [5.41, 5.74) is 28.4. The van der Waals surface area contributed by atoms with E-state index in [9.17, 15) is 0 Å². The van der Waals surface area contributed by atoms with Crippen LogP contribution in [-0.2, 0) is 26.2 Å². The minimum Gasteiger partial charge on any atom is -1.00 e. The van der Waals surface area contributed by atoms with Crippen LogP contribution in [0.2, 0.25) is 0 Å². The molecule has 17 rings (SSSR count). The number of benzene rings is 8. The van der Waals surface area contributed by atoms with Crippen molar-refractivity contribution in [2.24, 2.45) is 0 Å². The van der Waals surface area contributed by atoms with Gasteiger partial charge in [-0.3, -0.25) is 0 Å². The van der Waals surface area contributed by atoms with E-state index in [-0.39, 0.29) is 166 Å². The van der Waals surface area contributed by atoms with Crippen molar-refractivity contribution in [3.8, 4) is 68.7 Å². The second-order valence-corrected chi connectivity index (χ2v) is 40.9. The minimum atomic E-state index is -0.257. The van der Waals surface area contributed by atoms with E-state index in [0.29, 0.717) is 26.2 Å². The maximum atomic E-state index is 7.76. The molecule has 4 aliphatic heterocycles. The number of nitrogens with zero attached hydrogens (tertiary/aromatic N) is 8. The van der Waals surface area contributed by atoms with E-state index < -0.39 is 0 Å². The Kier molecular flexibility index (Phi) is 35.2. The predicted molar refractivity (Wildman–Crippen MR) is 527 cm³/mol. The molecule has 1 aliphatic carbocycles. The number of imidazole rings is 4. The highest BCUT2D eigenvalue weighted by Gasteiger charge is 2.44. The number of hydrogen-bond acceptors (Lipinski definition) is 8. The second-order valence-electron chi connectivity index (χ2n) is 40.9. The largest absolute Gasteiger partial charge is 1.00 e. The van der Waals surface area contributed by atoms with E-state index in [2.05, 4.69) is 347 Å². The quantitative estimate of drug-likeness (QED) is 0.0282. The van der Waals surface area contributed by atoms with Gasteiger partial charge in [0.15, 0.2) is 0 Å². The zero-order valence-electron chi connectivity index (χ0n) is 84.4. The standard InChI is InChI=1S/C116H148N8O8.4BrH/c1-21-25-29-37-89-93-57-95-90(38-30-26-22-2)97-59-99-92(40-32-28-24-4)100-60-98-91(39-31-27-23-3)96-58-94(89)110-102(62-118-50-54-122(66-118)106-83(75(9)10)43-34-44-84(106)76(11)12)112(96)128-71-130-114(98)104(64-120-52-56-124(68-120)108-87(79(17)18)47-36-48-88(108)80(19)20)116(100)132-72-131-115(99)103(63-119-51-55-123(67-119)107-85(77(13)14)45-35-46-86(107)78(15)16)113(97)129-70-127-111(95)101(109(93)125-69-126-110)61-117-49-53-121(65-117)105-81(73(5)6)41-33-42-82(105)74(7)8;;;;/h33-36,41-60,65-68,73-80,89-92H,21-32,37-40,61-64,69-72H2,1-20H3;4*1H/q+4;;;;/p-4. The van der Waals surface area contributed by atoms with Crippen molar-refractivity contribution < 1.29 is 124 Å². The van der Waals surface area contributed by atoms with Gasteiger partial charge in [0.1, 0.15) is 144 Å². The summed E-state index contributed by atoms with van der Waals surface area (Å²) in [6, 6.07) is 37.8. The summed E-state index contributed by atoms with van der Waals surface area (Å²) in [5, 5.41) is 0. The number of rotatable bonds is 36. The summed E-state index contributed by atoms with van der Waals surface area (Å²) in [6.07, 6.45) is 42.7. The second kappa shape index (κ2) is 45.9. The van der Waals surface area contributed by atoms with Crippen molar-refractivity contribution in [3.05, 3.63) is 283 Å². The van der Waals surface area contributed by atoms with Gasteiger partial charge in [-0.05, 0) is 97.3 Å². The highest BCUT2D eigenvalue weighted by atomic mass is 79.9. The summed E-state index contributed by atoms with van der Waals surface area (Å²) < 4.78 is 81.0. The summed E-state index contributed by atoms with van der Waals surface area (Å²) in [5.74, 6) is 7.66. The van der Waals surface area contributed by atoms with Gasteiger partial charge in [-0.2, -0.15) is 0 Å². The third-order valence-corrected chi connectivity index (χ3v) is 29.1. The van der Waals surface area contributed by atoms with E-state index >= 15 is 0 Å². The number of para-hydroxylation sites is 4. The van der Waals surface area contributed by atoms with Gasteiger partial charge in [-0.25, -0.2) is 36.5 Å². The van der Waals surface area contributed by atoms with Gasteiger partial charge in [0.2, 0.25) is 52.5 Å². The molecule has 0 saturated heterocycles.